The summed E-state index contributed by atoms with van der Waals surface area (Å²) >= 11 is 0. The van der Waals surface area contributed by atoms with Crippen LogP contribution >= 0.6 is 0 Å². The molecule has 0 radical (unpaired) electrons. The monoisotopic (exact) mass is 379 g/mol. The SMILES string of the molecule is COC(=O)c1ccc([C@@H]2Nc3ccc(OC(C)C)cc3[C@@H]3CCC[C@@H]32)c(C)c1. The lowest BCUT2D eigenvalue weighted by atomic mass is 9.76. The number of hydrogen-bond donors (Lipinski definition) is 1. The van der Waals surface area contributed by atoms with Crippen LogP contribution in [0.25, 0.3) is 0 Å². The van der Waals surface area contributed by atoms with Gasteiger partial charge in [0.2, 0.25) is 0 Å². The van der Waals surface area contributed by atoms with E-state index in [4.69, 9.17) is 9.47 Å². The molecular formula is C24H29NO3. The normalized spacial score (nSPS) is 23.0. The molecule has 0 amide bonds. The summed E-state index contributed by atoms with van der Waals surface area (Å²) in [6.07, 6.45) is 3.87. The lowest BCUT2D eigenvalue weighted by Gasteiger charge is -2.38. The molecule has 148 valence electrons. The molecule has 1 aliphatic heterocycles. The molecule has 4 heteroatoms. The summed E-state index contributed by atoms with van der Waals surface area (Å²) in [6, 6.07) is 12.6. The van der Waals surface area contributed by atoms with Gasteiger partial charge >= 0.3 is 5.97 Å². The van der Waals surface area contributed by atoms with Crippen LogP contribution < -0.4 is 10.1 Å². The van der Waals surface area contributed by atoms with Gasteiger partial charge in [0.15, 0.2) is 0 Å². The van der Waals surface area contributed by atoms with Crippen LogP contribution in [0.1, 0.15) is 72.1 Å². The first kappa shape index (κ1) is 18.9. The van der Waals surface area contributed by atoms with E-state index in [1.54, 1.807) is 0 Å². The molecule has 1 fully saturated rings. The number of methoxy groups -OCH3 is 1. The van der Waals surface area contributed by atoms with E-state index in [0.717, 1.165) is 11.3 Å². The van der Waals surface area contributed by atoms with Gasteiger partial charge in [-0.25, -0.2) is 4.79 Å². The zero-order valence-electron chi connectivity index (χ0n) is 17.1. The van der Waals surface area contributed by atoms with Crippen molar-refractivity contribution in [3.05, 3.63) is 58.7 Å². The summed E-state index contributed by atoms with van der Waals surface area (Å²) in [6.45, 7) is 6.21. The highest BCUT2D eigenvalue weighted by Crippen LogP contribution is 2.53. The van der Waals surface area contributed by atoms with E-state index < -0.39 is 0 Å². The van der Waals surface area contributed by atoms with Crippen LogP contribution in [0.2, 0.25) is 0 Å². The first-order valence-electron chi connectivity index (χ1n) is 10.2. The van der Waals surface area contributed by atoms with Gasteiger partial charge in [0.25, 0.3) is 0 Å². The molecular weight excluding hydrogens is 350 g/mol. The Kier molecular flexibility index (Phi) is 5.05. The van der Waals surface area contributed by atoms with Gasteiger partial charge in [-0.2, -0.15) is 0 Å². The first-order valence-corrected chi connectivity index (χ1v) is 10.2. The van der Waals surface area contributed by atoms with Gasteiger partial charge in [0.1, 0.15) is 5.75 Å². The second-order valence-corrected chi connectivity index (χ2v) is 8.30. The van der Waals surface area contributed by atoms with Crippen molar-refractivity contribution < 1.29 is 14.3 Å². The Morgan fingerprint density at radius 2 is 1.93 bits per heavy atom. The van der Waals surface area contributed by atoms with E-state index in [9.17, 15) is 4.79 Å². The number of anilines is 1. The fourth-order valence-electron chi connectivity index (χ4n) is 4.95. The van der Waals surface area contributed by atoms with Gasteiger partial charge in [0, 0.05) is 5.69 Å². The van der Waals surface area contributed by atoms with Crippen LogP contribution in [-0.4, -0.2) is 19.2 Å². The number of carbonyl (C=O) groups is 1. The summed E-state index contributed by atoms with van der Waals surface area (Å²) in [4.78, 5) is 11.9. The van der Waals surface area contributed by atoms with E-state index in [-0.39, 0.29) is 18.1 Å². The Labute approximate surface area is 167 Å². The molecule has 0 spiro atoms. The molecule has 1 aliphatic carbocycles. The highest BCUT2D eigenvalue weighted by molar-refractivity contribution is 5.89. The van der Waals surface area contributed by atoms with Gasteiger partial charge in [-0.15, -0.1) is 0 Å². The maximum atomic E-state index is 11.9. The number of nitrogens with one attached hydrogen (secondary N) is 1. The molecule has 1 heterocycles. The van der Waals surface area contributed by atoms with Crippen molar-refractivity contribution in [1.29, 1.82) is 0 Å². The number of carbonyl (C=O) groups excluding carboxylic acids is 1. The van der Waals surface area contributed by atoms with Crippen molar-refractivity contribution in [2.45, 2.75) is 58.1 Å². The zero-order chi connectivity index (χ0) is 19.8. The van der Waals surface area contributed by atoms with Crippen LogP contribution in [0.5, 0.6) is 5.75 Å². The van der Waals surface area contributed by atoms with E-state index >= 15 is 0 Å². The van der Waals surface area contributed by atoms with Crippen molar-refractivity contribution in [1.82, 2.24) is 0 Å². The average molecular weight is 380 g/mol. The van der Waals surface area contributed by atoms with E-state index in [2.05, 4.69) is 50.4 Å². The molecule has 0 saturated heterocycles. The number of benzene rings is 2. The number of rotatable bonds is 4. The number of aryl methyl sites for hydroxylation is 1. The Morgan fingerprint density at radius 1 is 1.11 bits per heavy atom. The van der Waals surface area contributed by atoms with Crippen molar-refractivity contribution in [3.63, 3.8) is 0 Å². The van der Waals surface area contributed by atoms with E-state index in [1.807, 2.05) is 12.1 Å². The minimum absolute atomic E-state index is 0.178. The second-order valence-electron chi connectivity index (χ2n) is 8.30. The predicted molar refractivity (Wildman–Crippen MR) is 111 cm³/mol. The smallest absolute Gasteiger partial charge is 0.337 e. The highest BCUT2D eigenvalue weighted by Gasteiger charge is 2.40. The molecule has 2 aromatic carbocycles. The third-order valence-corrected chi connectivity index (χ3v) is 6.13. The largest absolute Gasteiger partial charge is 0.491 e. The summed E-state index contributed by atoms with van der Waals surface area (Å²) in [5, 5.41) is 3.80. The lowest BCUT2D eigenvalue weighted by Crippen LogP contribution is -2.29. The van der Waals surface area contributed by atoms with E-state index in [1.165, 1.54) is 43.2 Å². The number of hydrogen-bond acceptors (Lipinski definition) is 4. The quantitative estimate of drug-likeness (QED) is 0.701. The van der Waals surface area contributed by atoms with Crippen LogP contribution in [-0.2, 0) is 4.74 Å². The maximum Gasteiger partial charge on any atom is 0.337 e. The van der Waals surface area contributed by atoms with Crippen LogP contribution in [0.4, 0.5) is 5.69 Å². The summed E-state index contributed by atoms with van der Waals surface area (Å²) < 4.78 is 10.8. The maximum absolute atomic E-state index is 11.9. The summed E-state index contributed by atoms with van der Waals surface area (Å²) in [5.74, 6) is 1.78. The molecule has 3 atom stereocenters. The fourth-order valence-corrected chi connectivity index (χ4v) is 4.95. The third-order valence-electron chi connectivity index (χ3n) is 6.13. The van der Waals surface area contributed by atoms with Crippen molar-refractivity contribution in [2.24, 2.45) is 5.92 Å². The van der Waals surface area contributed by atoms with Crippen molar-refractivity contribution in [2.75, 3.05) is 12.4 Å². The Balaban J connectivity index is 1.68. The molecule has 4 nitrogen and oxygen atoms in total. The van der Waals surface area contributed by atoms with Crippen LogP contribution in [0, 0.1) is 12.8 Å². The van der Waals surface area contributed by atoms with E-state index in [0.29, 0.717) is 17.4 Å². The Morgan fingerprint density at radius 3 is 2.64 bits per heavy atom. The van der Waals surface area contributed by atoms with Gasteiger partial charge < -0.3 is 14.8 Å². The Hall–Kier alpha value is -2.49. The standard InChI is InChI=1S/C24H29NO3/c1-14(2)28-17-9-11-22-21(13-17)19-6-5-7-20(19)23(25-22)18-10-8-16(12-15(18)3)24(26)27-4/h8-14,19-20,23,25H,5-7H2,1-4H3/t19-,20+,23+/m1/s1. The third kappa shape index (κ3) is 3.36. The first-order chi connectivity index (χ1) is 13.5. The summed E-state index contributed by atoms with van der Waals surface area (Å²) in [7, 11) is 1.42. The summed E-state index contributed by atoms with van der Waals surface area (Å²) in [5.41, 5.74) is 5.62. The minimum atomic E-state index is -0.284. The number of esters is 1. The highest BCUT2D eigenvalue weighted by atomic mass is 16.5. The Bertz CT molecular complexity index is 889. The molecule has 1 saturated carbocycles. The zero-order valence-corrected chi connectivity index (χ0v) is 17.1. The average Bonchev–Trinajstić information content (AvgIpc) is 3.17. The topological polar surface area (TPSA) is 47.6 Å². The van der Waals surface area contributed by atoms with Gasteiger partial charge in [0.05, 0.1) is 24.8 Å². The minimum Gasteiger partial charge on any atom is -0.491 e. The van der Waals surface area contributed by atoms with Gasteiger partial charge in [-0.05, 0) is 92.5 Å². The van der Waals surface area contributed by atoms with Crippen LogP contribution in [0.15, 0.2) is 36.4 Å². The van der Waals surface area contributed by atoms with Gasteiger partial charge in [-0.3, -0.25) is 0 Å². The van der Waals surface area contributed by atoms with Crippen molar-refractivity contribution in [3.8, 4) is 5.75 Å². The molecule has 4 rings (SSSR count). The number of fused-ring (bicyclic) bond motifs is 3. The molecule has 0 aromatic heterocycles. The number of ether oxygens (including phenoxy) is 2. The molecule has 2 aromatic rings. The predicted octanol–water partition coefficient (Wildman–Crippen LogP) is 5.62. The van der Waals surface area contributed by atoms with Crippen molar-refractivity contribution >= 4 is 11.7 Å². The molecule has 28 heavy (non-hydrogen) atoms. The van der Waals surface area contributed by atoms with Crippen LogP contribution in [0.3, 0.4) is 0 Å². The molecule has 0 bridgehead atoms. The fraction of sp³-hybridized carbons (Fsp3) is 0.458. The van der Waals surface area contributed by atoms with Gasteiger partial charge in [-0.1, -0.05) is 12.5 Å². The lowest BCUT2D eigenvalue weighted by molar-refractivity contribution is 0.0600. The molecule has 1 N–H and O–H groups in total. The molecule has 0 unspecified atom stereocenters. The second kappa shape index (κ2) is 7.50. The molecule has 2 aliphatic rings.